The Bertz CT molecular complexity index is 75.3. The predicted molar refractivity (Wildman–Crippen MR) is 39.7 cm³/mol. The summed E-state index contributed by atoms with van der Waals surface area (Å²) >= 11 is 0. The molecule has 0 aromatic heterocycles. The first-order chi connectivity index (χ1) is 4.30. The van der Waals surface area contributed by atoms with Crippen molar-refractivity contribution in [2.24, 2.45) is 0 Å². The Morgan fingerprint density at radius 1 is 1.50 bits per heavy atom. The van der Waals surface area contributed by atoms with Gasteiger partial charge >= 0.3 is 0 Å². The van der Waals surface area contributed by atoms with Gasteiger partial charge in [0.25, 0.3) is 0 Å². The second kappa shape index (κ2) is 5.68. The Kier molecular flexibility index (Phi) is 6.29. The number of hydrogen-bond donors (Lipinski definition) is 0. The first-order valence-electron chi connectivity index (χ1n) is 3.69. The van der Waals surface area contributed by atoms with Gasteiger partial charge in [-0.1, -0.05) is 19.3 Å². The zero-order valence-electron chi connectivity index (χ0n) is 6.71. The van der Waals surface area contributed by atoms with Crippen molar-refractivity contribution in [2.45, 2.75) is 31.7 Å². The van der Waals surface area contributed by atoms with E-state index in [1.165, 1.54) is 25.7 Å². The molecule has 1 unspecified atom stereocenters. The molecule has 0 aliphatic carbocycles. The summed E-state index contributed by atoms with van der Waals surface area (Å²) in [5.74, 6) is 0. The fourth-order valence-corrected chi connectivity index (χ4v) is 1.17. The Morgan fingerprint density at radius 2 is 2.20 bits per heavy atom. The van der Waals surface area contributed by atoms with Crippen LogP contribution in [-0.4, -0.2) is 18.0 Å². The second-order valence-corrected chi connectivity index (χ2v) is 2.79. The third-order valence-corrected chi connectivity index (χ3v) is 1.98. The molecule has 0 aromatic carbocycles. The van der Waals surface area contributed by atoms with Crippen molar-refractivity contribution in [3.05, 3.63) is 13.5 Å². The molecule has 57 valence electrons. The number of likely N-dealkylation sites (tertiary alicyclic amines) is 1. The van der Waals surface area contributed by atoms with Gasteiger partial charge < -0.3 is 11.8 Å². The van der Waals surface area contributed by atoms with Gasteiger partial charge in [-0.2, -0.15) is 6.42 Å². The maximum atomic E-state index is 4.03. The summed E-state index contributed by atoms with van der Waals surface area (Å²) in [5.41, 5.74) is 0. The van der Waals surface area contributed by atoms with Gasteiger partial charge in [0.05, 0.1) is 0 Å². The van der Waals surface area contributed by atoms with E-state index in [0.717, 1.165) is 0 Å². The SMILES string of the molecule is [CH2-]C1CCCC[CH-]N1C.[Y]. The molecular weight excluding hydrogens is 199 g/mol. The minimum atomic E-state index is 0. The van der Waals surface area contributed by atoms with Gasteiger partial charge in [0.15, 0.2) is 0 Å². The van der Waals surface area contributed by atoms with Crippen molar-refractivity contribution in [1.82, 2.24) is 4.90 Å². The molecule has 1 aliphatic rings. The molecule has 0 amide bonds. The van der Waals surface area contributed by atoms with Crippen LogP contribution in [0.1, 0.15) is 25.7 Å². The van der Waals surface area contributed by atoms with Crippen molar-refractivity contribution in [3.63, 3.8) is 0 Å². The molecule has 1 atom stereocenters. The zero-order valence-corrected chi connectivity index (χ0v) is 9.55. The second-order valence-electron chi connectivity index (χ2n) is 2.79. The van der Waals surface area contributed by atoms with Gasteiger partial charge in [0.1, 0.15) is 0 Å². The zero-order chi connectivity index (χ0) is 6.69. The van der Waals surface area contributed by atoms with Crippen molar-refractivity contribution in [1.29, 1.82) is 0 Å². The minimum Gasteiger partial charge on any atom is -0.482 e. The number of rotatable bonds is 0. The summed E-state index contributed by atoms with van der Waals surface area (Å²) in [6.45, 7) is 6.29. The van der Waals surface area contributed by atoms with Gasteiger partial charge in [-0.05, 0) is 7.05 Å². The summed E-state index contributed by atoms with van der Waals surface area (Å²) in [4.78, 5) is 2.23. The summed E-state index contributed by atoms with van der Waals surface area (Å²) in [6.07, 6.45) is 5.18. The van der Waals surface area contributed by atoms with E-state index >= 15 is 0 Å². The summed E-state index contributed by atoms with van der Waals surface area (Å²) in [6, 6.07) is 0.521. The van der Waals surface area contributed by atoms with Crippen LogP contribution in [0.25, 0.3) is 0 Å². The molecule has 0 N–H and O–H groups in total. The van der Waals surface area contributed by atoms with Gasteiger partial charge in [0, 0.05) is 32.7 Å². The molecule has 0 saturated carbocycles. The van der Waals surface area contributed by atoms with Crippen LogP contribution in [0.4, 0.5) is 0 Å². The van der Waals surface area contributed by atoms with E-state index in [9.17, 15) is 0 Å². The molecule has 1 saturated heterocycles. The van der Waals surface area contributed by atoms with Crippen molar-refractivity contribution < 1.29 is 32.7 Å². The number of hydrogen-bond acceptors (Lipinski definition) is 1. The van der Waals surface area contributed by atoms with E-state index in [1.807, 2.05) is 0 Å². The van der Waals surface area contributed by atoms with Crippen LogP contribution >= 0.6 is 0 Å². The summed E-state index contributed by atoms with van der Waals surface area (Å²) in [7, 11) is 2.11. The van der Waals surface area contributed by atoms with E-state index < -0.39 is 0 Å². The van der Waals surface area contributed by atoms with Crippen LogP contribution in [0.5, 0.6) is 0 Å². The molecular formula is C8H15NY-2. The summed E-state index contributed by atoms with van der Waals surface area (Å²) in [5, 5.41) is 0. The van der Waals surface area contributed by atoms with Gasteiger partial charge in [-0.25, -0.2) is 0 Å². The first kappa shape index (κ1) is 11.1. The Morgan fingerprint density at radius 3 is 2.90 bits per heavy atom. The van der Waals surface area contributed by atoms with Crippen LogP contribution in [0.3, 0.4) is 0 Å². The van der Waals surface area contributed by atoms with Crippen LogP contribution in [0.15, 0.2) is 0 Å². The number of nitrogens with zero attached hydrogens (tertiary/aromatic N) is 1. The fraction of sp³-hybridized carbons (Fsp3) is 0.750. The topological polar surface area (TPSA) is 3.24 Å². The van der Waals surface area contributed by atoms with E-state index in [1.54, 1.807) is 0 Å². The van der Waals surface area contributed by atoms with Crippen LogP contribution < -0.4 is 0 Å². The quantitative estimate of drug-likeness (QED) is 0.556. The normalized spacial score (nSPS) is 28.8. The molecule has 2 heteroatoms. The maximum Gasteiger partial charge on any atom is 0 e. The first-order valence-corrected chi connectivity index (χ1v) is 3.69. The van der Waals surface area contributed by atoms with Crippen molar-refractivity contribution >= 4 is 0 Å². The third kappa shape index (κ3) is 3.45. The van der Waals surface area contributed by atoms with Crippen LogP contribution in [0, 0.1) is 13.5 Å². The smallest absolute Gasteiger partial charge is 0 e. The molecule has 1 heterocycles. The molecule has 1 rings (SSSR count). The predicted octanol–water partition coefficient (Wildman–Crippen LogP) is 1.85. The Hall–Kier alpha value is 1.06. The molecule has 10 heavy (non-hydrogen) atoms. The van der Waals surface area contributed by atoms with Crippen LogP contribution in [0.2, 0.25) is 0 Å². The van der Waals surface area contributed by atoms with E-state index in [4.69, 9.17) is 0 Å². The Balaban J connectivity index is 0.000000810. The standard InChI is InChI=1S/C8H15N.Y/c1-8-6-4-3-5-7-9(8)2;/h7-8H,1,3-6H2,2H3;/q-2;. The van der Waals surface area contributed by atoms with Crippen LogP contribution in [-0.2, 0) is 32.7 Å². The van der Waals surface area contributed by atoms with E-state index in [-0.39, 0.29) is 32.7 Å². The molecule has 1 fully saturated rings. The largest absolute Gasteiger partial charge is 0.482 e. The third-order valence-electron chi connectivity index (χ3n) is 1.98. The average molecular weight is 214 g/mol. The molecule has 1 nitrogen and oxygen atoms in total. The monoisotopic (exact) mass is 214 g/mol. The maximum absolute atomic E-state index is 4.03. The molecule has 1 aliphatic heterocycles. The molecule has 1 radical (unpaired) electrons. The minimum absolute atomic E-state index is 0. The Labute approximate surface area is 89.4 Å². The van der Waals surface area contributed by atoms with Gasteiger partial charge in [0.2, 0.25) is 0 Å². The average Bonchev–Trinajstić information content (AvgIpc) is 1.99. The molecule has 0 aromatic rings. The fourth-order valence-electron chi connectivity index (χ4n) is 1.17. The molecule has 0 spiro atoms. The van der Waals surface area contributed by atoms with Crippen molar-refractivity contribution in [2.75, 3.05) is 7.05 Å². The van der Waals surface area contributed by atoms with Crippen molar-refractivity contribution in [3.8, 4) is 0 Å². The molecule has 0 bridgehead atoms. The van der Waals surface area contributed by atoms with Gasteiger partial charge in [-0.3, -0.25) is 6.54 Å². The summed E-state index contributed by atoms with van der Waals surface area (Å²) < 4.78 is 0. The van der Waals surface area contributed by atoms with E-state index in [2.05, 4.69) is 25.4 Å². The van der Waals surface area contributed by atoms with Gasteiger partial charge in [-0.15, -0.1) is 6.04 Å². The van der Waals surface area contributed by atoms with E-state index in [0.29, 0.717) is 6.04 Å².